The van der Waals surface area contributed by atoms with Crippen molar-refractivity contribution in [1.82, 2.24) is 14.7 Å². The Hall–Kier alpha value is -2.05. The molecule has 2 amide bonds. The van der Waals surface area contributed by atoms with E-state index in [0.717, 1.165) is 5.69 Å². The largest absolute Gasteiger partial charge is 0.480 e. The van der Waals surface area contributed by atoms with Crippen LogP contribution in [0.1, 0.15) is 26.0 Å². The first-order chi connectivity index (χ1) is 8.90. The maximum atomic E-state index is 12.0. The molecule has 0 spiro atoms. The quantitative estimate of drug-likeness (QED) is 0.842. The SMILES string of the molecule is CCc1nn(C)cc1NC(=O)N(C)C(CC)C(=O)O. The molecule has 1 unspecified atom stereocenters. The van der Waals surface area contributed by atoms with Crippen LogP contribution in [0.25, 0.3) is 0 Å². The summed E-state index contributed by atoms with van der Waals surface area (Å²) in [4.78, 5) is 24.2. The van der Waals surface area contributed by atoms with Crippen molar-refractivity contribution in [3.8, 4) is 0 Å². The molecule has 0 saturated heterocycles. The number of amides is 2. The van der Waals surface area contributed by atoms with Crippen LogP contribution in [0.5, 0.6) is 0 Å². The summed E-state index contributed by atoms with van der Waals surface area (Å²) in [6.07, 6.45) is 2.75. The summed E-state index contributed by atoms with van der Waals surface area (Å²) in [6.45, 7) is 3.66. The van der Waals surface area contributed by atoms with Crippen molar-refractivity contribution in [3.05, 3.63) is 11.9 Å². The highest BCUT2D eigenvalue weighted by Crippen LogP contribution is 2.15. The average Bonchev–Trinajstić information content (AvgIpc) is 2.69. The van der Waals surface area contributed by atoms with E-state index in [4.69, 9.17) is 5.11 Å². The van der Waals surface area contributed by atoms with Crippen molar-refractivity contribution in [2.75, 3.05) is 12.4 Å². The number of carbonyl (C=O) groups is 2. The topological polar surface area (TPSA) is 87.5 Å². The van der Waals surface area contributed by atoms with Crippen molar-refractivity contribution in [2.45, 2.75) is 32.7 Å². The number of hydrogen-bond acceptors (Lipinski definition) is 3. The third-order valence-electron chi connectivity index (χ3n) is 2.94. The van der Waals surface area contributed by atoms with E-state index in [1.54, 1.807) is 24.9 Å². The van der Waals surface area contributed by atoms with E-state index in [1.807, 2.05) is 6.92 Å². The summed E-state index contributed by atoms with van der Waals surface area (Å²) in [5.41, 5.74) is 1.38. The summed E-state index contributed by atoms with van der Waals surface area (Å²) in [5, 5.41) is 15.9. The maximum absolute atomic E-state index is 12.0. The summed E-state index contributed by atoms with van der Waals surface area (Å²) >= 11 is 0. The molecule has 0 aliphatic heterocycles. The summed E-state index contributed by atoms with van der Waals surface area (Å²) in [6, 6.07) is -1.28. The standard InChI is InChI=1S/C12H20N4O3/c1-5-8-9(7-15(3)14-8)13-12(19)16(4)10(6-2)11(17)18/h7,10H,5-6H2,1-4H3,(H,13,19)(H,17,18). The molecular weight excluding hydrogens is 248 g/mol. The molecule has 19 heavy (non-hydrogen) atoms. The van der Waals surface area contributed by atoms with Crippen LogP contribution in [-0.4, -0.2) is 44.9 Å². The third-order valence-corrected chi connectivity index (χ3v) is 2.94. The van der Waals surface area contributed by atoms with Crippen LogP contribution in [0.4, 0.5) is 10.5 Å². The van der Waals surface area contributed by atoms with Gasteiger partial charge < -0.3 is 15.3 Å². The molecule has 1 heterocycles. The molecule has 1 rings (SSSR count). The van der Waals surface area contributed by atoms with Crippen LogP contribution in [-0.2, 0) is 18.3 Å². The number of hydrogen-bond donors (Lipinski definition) is 2. The average molecular weight is 268 g/mol. The highest BCUT2D eigenvalue weighted by molar-refractivity contribution is 5.92. The van der Waals surface area contributed by atoms with Crippen molar-refractivity contribution < 1.29 is 14.7 Å². The maximum Gasteiger partial charge on any atom is 0.326 e. The number of carboxylic acid groups (broad SMARTS) is 1. The monoisotopic (exact) mass is 268 g/mol. The lowest BCUT2D eigenvalue weighted by Crippen LogP contribution is -2.44. The smallest absolute Gasteiger partial charge is 0.326 e. The van der Waals surface area contributed by atoms with Gasteiger partial charge in [0.15, 0.2) is 0 Å². The Balaban J connectivity index is 2.81. The molecule has 1 atom stereocenters. The Morgan fingerprint density at radius 1 is 1.53 bits per heavy atom. The van der Waals surface area contributed by atoms with Gasteiger partial charge in [-0.05, 0) is 12.8 Å². The van der Waals surface area contributed by atoms with E-state index in [1.165, 1.54) is 11.9 Å². The van der Waals surface area contributed by atoms with Crippen LogP contribution in [0.2, 0.25) is 0 Å². The van der Waals surface area contributed by atoms with Crippen LogP contribution < -0.4 is 5.32 Å². The van der Waals surface area contributed by atoms with E-state index in [-0.39, 0.29) is 0 Å². The zero-order valence-corrected chi connectivity index (χ0v) is 11.7. The van der Waals surface area contributed by atoms with Gasteiger partial charge in [-0.15, -0.1) is 0 Å². The zero-order valence-electron chi connectivity index (χ0n) is 11.7. The molecule has 0 aliphatic rings. The van der Waals surface area contributed by atoms with Gasteiger partial charge in [-0.2, -0.15) is 5.10 Å². The number of likely N-dealkylation sites (N-methyl/N-ethyl adjacent to an activating group) is 1. The van der Waals surface area contributed by atoms with E-state index in [2.05, 4.69) is 10.4 Å². The van der Waals surface area contributed by atoms with Gasteiger partial charge in [0.2, 0.25) is 0 Å². The molecule has 7 heteroatoms. The van der Waals surface area contributed by atoms with Gasteiger partial charge >= 0.3 is 12.0 Å². The molecule has 0 saturated carbocycles. The van der Waals surface area contributed by atoms with E-state index in [0.29, 0.717) is 18.5 Å². The Labute approximate surface area is 112 Å². The normalized spacial score (nSPS) is 12.0. The molecule has 0 aromatic carbocycles. The van der Waals surface area contributed by atoms with Crippen LogP contribution in [0, 0.1) is 0 Å². The van der Waals surface area contributed by atoms with Crippen LogP contribution >= 0.6 is 0 Å². The molecular formula is C12H20N4O3. The Bertz CT molecular complexity index is 470. The van der Waals surface area contributed by atoms with Gasteiger partial charge in [0, 0.05) is 20.3 Å². The lowest BCUT2D eigenvalue weighted by molar-refractivity contribution is -0.141. The number of aliphatic carboxylic acids is 1. The molecule has 2 N–H and O–H groups in total. The lowest BCUT2D eigenvalue weighted by Gasteiger charge is -2.23. The molecule has 1 aromatic heterocycles. The van der Waals surface area contributed by atoms with Crippen LogP contribution in [0.15, 0.2) is 6.20 Å². The van der Waals surface area contributed by atoms with Gasteiger partial charge in [0.05, 0.1) is 11.4 Å². The minimum atomic E-state index is -1.01. The highest BCUT2D eigenvalue weighted by Gasteiger charge is 2.25. The van der Waals surface area contributed by atoms with E-state index < -0.39 is 18.0 Å². The number of rotatable bonds is 5. The Morgan fingerprint density at radius 3 is 2.63 bits per heavy atom. The van der Waals surface area contributed by atoms with Crippen molar-refractivity contribution in [1.29, 1.82) is 0 Å². The highest BCUT2D eigenvalue weighted by atomic mass is 16.4. The van der Waals surface area contributed by atoms with Crippen molar-refractivity contribution in [3.63, 3.8) is 0 Å². The van der Waals surface area contributed by atoms with Gasteiger partial charge in [-0.25, -0.2) is 9.59 Å². The number of aromatic nitrogens is 2. The first-order valence-corrected chi connectivity index (χ1v) is 6.19. The molecule has 7 nitrogen and oxygen atoms in total. The van der Waals surface area contributed by atoms with Gasteiger partial charge in [0.1, 0.15) is 6.04 Å². The molecule has 0 fully saturated rings. The fourth-order valence-electron chi connectivity index (χ4n) is 1.86. The second kappa shape index (κ2) is 6.21. The number of carbonyl (C=O) groups excluding carboxylic acids is 1. The van der Waals surface area contributed by atoms with Crippen LogP contribution in [0.3, 0.4) is 0 Å². The van der Waals surface area contributed by atoms with Gasteiger partial charge in [0.25, 0.3) is 0 Å². The van der Waals surface area contributed by atoms with Gasteiger partial charge in [-0.1, -0.05) is 13.8 Å². The summed E-state index contributed by atoms with van der Waals surface area (Å²) in [5.74, 6) is -1.01. The number of anilines is 1. The summed E-state index contributed by atoms with van der Waals surface area (Å²) < 4.78 is 1.61. The number of nitrogens with zero attached hydrogens (tertiary/aromatic N) is 3. The number of nitrogens with one attached hydrogen (secondary N) is 1. The molecule has 1 aromatic rings. The third kappa shape index (κ3) is 3.46. The zero-order chi connectivity index (χ0) is 14.6. The number of carboxylic acids is 1. The molecule has 0 aliphatic carbocycles. The predicted octanol–water partition coefficient (Wildman–Crippen LogP) is 1.31. The first-order valence-electron chi connectivity index (χ1n) is 6.19. The minimum absolute atomic E-state index is 0.354. The first kappa shape index (κ1) is 15.0. The lowest BCUT2D eigenvalue weighted by atomic mass is 10.2. The fraction of sp³-hybridized carbons (Fsp3) is 0.583. The number of aryl methyl sites for hydroxylation is 2. The van der Waals surface area contributed by atoms with E-state index >= 15 is 0 Å². The fourth-order valence-corrected chi connectivity index (χ4v) is 1.86. The van der Waals surface area contributed by atoms with E-state index in [9.17, 15) is 9.59 Å². The second-order valence-corrected chi connectivity index (χ2v) is 4.32. The van der Waals surface area contributed by atoms with Crippen molar-refractivity contribution in [2.24, 2.45) is 7.05 Å². The minimum Gasteiger partial charge on any atom is -0.480 e. The molecule has 0 radical (unpaired) electrons. The summed E-state index contributed by atoms with van der Waals surface area (Å²) in [7, 11) is 3.24. The Morgan fingerprint density at radius 2 is 2.16 bits per heavy atom. The molecule has 0 bridgehead atoms. The van der Waals surface area contributed by atoms with Crippen molar-refractivity contribution >= 4 is 17.7 Å². The predicted molar refractivity (Wildman–Crippen MR) is 71.1 cm³/mol. The Kier molecular flexibility index (Phi) is 4.91. The molecule has 106 valence electrons. The second-order valence-electron chi connectivity index (χ2n) is 4.32. The number of urea groups is 1. The van der Waals surface area contributed by atoms with Gasteiger partial charge in [-0.3, -0.25) is 4.68 Å².